The van der Waals surface area contributed by atoms with Crippen molar-refractivity contribution in [2.75, 3.05) is 69.7 Å². The van der Waals surface area contributed by atoms with Crippen molar-refractivity contribution in [1.29, 1.82) is 0 Å². The SMILES string of the molecule is Cn1c(=O)n(CCN2CCN(c3ccc(C(=O)NCC4COCCN4)cc3F)CC2)c2nc(N)n3nc(-c4ccco4)nc3c21. The number of aryl methyl sites for hydroxylation is 1. The van der Waals surface area contributed by atoms with Gasteiger partial charge in [-0.1, -0.05) is 0 Å². The number of nitrogens with two attached hydrogens (primary N) is 1. The van der Waals surface area contributed by atoms with Crippen LogP contribution in [0.25, 0.3) is 28.4 Å². The summed E-state index contributed by atoms with van der Waals surface area (Å²) in [5, 5.41) is 10.5. The lowest BCUT2D eigenvalue weighted by molar-refractivity contribution is 0.0734. The van der Waals surface area contributed by atoms with Crippen molar-refractivity contribution in [3.63, 3.8) is 0 Å². The number of halogens is 1. The minimum atomic E-state index is -0.434. The second kappa shape index (κ2) is 11.9. The number of hydrogen-bond acceptors (Lipinski definition) is 11. The summed E-state index contributed by atoms with van der Waals surface area (Å²) in [6.45, 7) is 5.87. The topological polar surface area (TPSA) is 166 Å². The summed E-state index contributed by atoms with van der Waals surface area (Å²) in [4.78, 5) is 39.2. The van der Waals surface area contributed by atoms with Crippen LogP contribution in [0.5, 0.6) is 0 Å². The zero-order valence-corrected chi connectivity index (χ0v) is 24.8. The van der Waals surface area contributed by atoms with Gasteiger partial charge in [0.25, 0.3) is 5.91 Å². The molecule has 2 aliphatic rings. The third-order valence-corrected chi connectivity index (χ3v) is 8.39. The molecule has 1 unspecified atom stereocenters. The van der Waals surface area contributed by atoms with Crippen LogP contribution in [0.1, 0.15) is 10.4 Å². The highest BCUT2D eigenvalue weighted by atomic mass is 19.1. The predicted molar refractivity (Wildman–Crippen MR) is 164 cm³/mol. The van der Waals surface area contributed by atoms with Gasteiger partial charge in [-0.05, 0) is 30.3 Å². The predicted octanol–water partition coefficient (Wildman–Crippen LogP) is 0.299. The van der Waals surface area contributed by atoms with E-state index in [0.29, 0.717) is 93.1 Å². The van der Waals surface area contributed by atoms with E-state index in [1.165, 1.54) is 21.4 Å². The molecule has 0 radical (unpaired) electrons. The number of nitrogen functional groups attached to an aromatic ring is 1. The van der Waals surface area contributed by atoms with Crippen LogP contribution in [0.4, 0.5) is 16.0 Å². The lowest BCUT2D eigenvalue weighted by Gasteiger charge is -2.36. The molecule has 2 saturated heterocycles. The number of amides is 1. The lowest BCUT2D eigenvalue weighted by Crippen LogP contribution is -2.48. The number of hydrogen-bond donors (Lipinski definition) is 3. The highest BCUT2D eigenvalue weighted by Gasteiger charge is 2.24. The Labute approximate surface area is 256 Å². The number of ether oxygens (including phenoxy) is 1. The van der Waals surface area contributed by atoms with Gasteiger partial charge in [0, 0.05) is 71.0 Å². The summed E-state index contributed by atoms with van der Waals surface area (Å²) in [7, 11) is 1.67. The molecule has 236 valence electrons. The number of aromatic nitrogens is 6. The molecule has 0 saturated carbocycles. The van der Waals surface area contributed by atoms with Crippen molar-refractivity contribution in [2.45, 2.75) is 12.6 Å². The first-order chi connectivity index (χ1) is 21.9. The number of benzene rings is 1. The molecule has 5 aromatic rings. The van der Waals surface area contributed by atoms with Gasteiger partial charge in [-0.3, -0.25) is 18.8 Å². The number of morpholine rings is 1. The van der Waals surface area contributed by atoms with Crippen LogP contribution in [0.3, 0.4) is 0 Å². The summed E-state index contributed by atoms with van der Waals surface area (Å²) in [5.41, 5.74) is 8.10. The summed E-state index contributed by atoms with van der Waals surface area (Å²) in [5.74, 6) is 0.180. The molecule has 4 N–H and O–H groups in total. The van der Waals surface area contributed by atoms with Gasteiger partial charge in [0.1, 0.15) is 11.3 Å². The van der Waals surface area contributed by atoms with Gasteiger partial charge >= 0.3 is 5.69 Å². The van der Waals surface area contributed by atoms with Crippen LogP contribution in [0.2, 0.25) is 0 Å². The number of imidazole rings is 1. The second-order valence-electron chi connectivity index (χ2n) is 11.2. The van der Waals surface area contributed by atoms with E-state index in [-0.39, 0.29) is 29.2 Å². The van der Waals surface area contributed by atoms with Crippen LogP contribution in [0, 0.1) is 5.82 Å². The van der Waals surface area contributed by atoms with Crippen molar-refractivity contribution in [3.05, 3.63) is 58.5 Å². The highest BCUT2D eigenvalue weighted by molar-refractivity contribution is 5.94. The molecule has 0 aliphatic carbocycles. The molecule has 2 aliphatic heterocycles. The van der Waals surface area contributed by atoms with Crippen molar-refractivity contribution < 1.29 is 18.3 Å². The van der Waals surface area contributed by atoms with Gasteiger partial charge in [0.2, 0.25) is 11.8 Å². The fourth-order valence-corrected chi connectivity index (χ4v) is 5.93. The Morgan fingerprint density at radius 1 is 1.16 bits per heavy atom. The molecule has 2 fully saturated rings. The maximum absolute atomic E-state index is 15.1. The van der Waals surface area contributed by atoms with Crippen LogP contribution in [-0.4, -0.2) is 105 Å². The Hall–Kier alpha value is -4.80. The average Bonchev–Trinajstić information content (AvgIpc) is 3.80. The molecule has 6 heterocycles. The molecule has 1 amide bonds. The van der Waals surface area contributed by atoms with Gasteiger partial charge in [-0.2, -0.15) is 9.50 Å². The highest BCUT2D eigenvalue weighted by Crippen LogP contribution is 2.24. The van der Waals surface area contributed by atoms with Crippen LogP contribution in [-0.2, 0) is 18.3 Å². The number of furan rings is 1. The normalized spacial score (nSPS) is 17.8. The van der Waals surface area contributed by atoms with Gasteiger partial charge in [0.05, 0.1) is 25.2 Å². The van der Waals surface area contributed by atoms with Crippen molar-refractivity contribution in [3.8, 4) is 11.6 Å². The standard InChI is InChI=1S/C29H34FN11O4/c1-37-23-25(35-28(31)41-26(23)34-24(36-41)22-3-2-13-45-22)40(29(37)43)12-9-38-7-10-39(11-8-38)21-5-4-18(15-20(21)30)27(42)33-16-19-17-44-14-6-32-19/h2-5,13,15,19,32H,6-12,14,16-17H2,1H3,(H2,31,35)(H,33,42). The van der Waals surface area contributed by atoms with Crippen molar-refractivity contribution >= 4 is 34.4 Å². The third kappa shape index (κ3) is 5.51. The second-order valence-corrected chi connectivity index (χ2v) is 11.2. The molecule has 15 nitrogen and oxygen atoms in total. The number of nitrogens with zero attached hydrogens (tertiary/aromatic N) is 8. The molecule has 16 heteroatoms. The van der Waals surface area contributed by atoms with E-state index in [2.05, 4.69) is 30.6 Å². The Kier molecular flexibility index (Phi) is 7.68. The Morgan fingerprint density at radius 2 is 2.00 bits per heavy atom. The summed E-state index contributed by atoms with van der Waals surface area (Å²) in [6, 6.07) is 8.14. The van der Waals surface area contributed by atoms with E-state index in [9.17, 15) is 9.59 Å². The van der Waals surface area contributed by atoms with Crippen molar-refractivity contribution in [2.24, 2.45) is 7.05 Å². The number of rotatable bonds is 8. The fourth-order valence-electron chi connectivity index (χ4n) is 5.93. The fraction of sp³-hybridized carbons (Fsp3) is 0.414. The number of carbonyl (C=O) groups is 1. The summed E-state index contributed by atoms with van der Waals surface area (Å²) in [6.07, 6.45) is 1.53. The van der Waals surface area contributed by atoms with Crippen LogP contribution < -0.4 is 27.0 Å². The number of nitrogens with one attached hydrogen (secondary N) is 2. The van der Waals surface area contributed by atoms with E-state index in [0.717, 1.165) is 6.54 Å². The van der Waals surface area contributed by atoms with Gasteiger partial charge in [0.15, 0.2) is 17.1 Å². The lowest BCUT2D eigenvalue weighted by atomic mass is 10.1. The average molecular weight is 620 g/mol. The third-order valence-electron chi connectivity index (χ3n) is 8.39. The first-order valence-electron chi connectivity index (χ1n) is 14.9. The van der Waals surface area contributed by atoms with Gasteiger partial charge in [-0.15, -0.1) is 5.10 Å². The Balaban J connectivity index is 0.994. The minimum Gasteiger partial charge on any atom is -0.461 e. The van der Waals surface area contributed by atoms with E-state index >= 15 is 4.39 Å². The first kappa shape index (κ1) is 28.9. The number of piperazine rings is 1. The van der Waals surface area contributed by atoms with Gasteiger partial charge in [-0.25, -0.2) is 14.2 Å². The van der Waals surface area contributed by atoms with Crippen molar-refractivity contribution in [1.82, 2.24) is 44.2 Å². The number of carbonyl (C=O) groups excluding carboxylic acids is 1. The zero-order chi connectivity index (χ0) is 31.1. The van der Waals surface area contributed by atoms with E-state index < -0.39 is 5.82 Å². The Morgan fingerprint density at radius 3 is 2.73 bits per heavy atom. The van der Waals surface area contributed by atoms with Crippen LogP contribution >= 0.6 is 0 Å². The smallest absolute Gasteiger partial charge is 0.330 e. The molecule has 0 spiro atoms. The molecular formula is C29H34FN11O4. The minimum absolute atomic E-state index is 0.0441. The number of anilines is 2. The maximum atomic E-state index is 15.1. The largest absolute Gasteiger partial charge is 0.461 e. The Bertz CT molecular complexity index is 1900. The monoisotopic (exact) mass is 619 g/mol. The molecule has 1 aromatic carbocycles. The van der Waals surface area contributed by atoms with E-state index in [4.69, 9.17) is 14.9 Å². The molecule has 7 rings (SSSR count). The maximum Gasteiger partial charge on any atom is 0.330 e. The van der Waals surface area contributed by atoms with Gasteiger partial charge < -0.3 is 30.4 Å². The molecule has 4 aromatic heterocycles. The molecule has 0 bridgehead atoms. The summed E-state index contributed by atoms with van der Waals surface area (Å²) < 4.78 is 30.5. The van der Waals surface area contributed by atoms with Crippen LogP contribution in [0.15, 0.2) is 45.8 Å². The summed E-state index contributed by atoms with van der Waals surface area (Å²) >= 11 is 0. The zero-order valence-electron chi connectivity index (χ0n) is 24.8. The molecule has 45 heavy (non-hydrogen) atoms. The first-order valence-corrected chi connectivity index (χ1v) is 14.9. The molecule has 1 atom stereocenters. The van der Waals surface area contributed by atoms with E-state index in [1.807, 2.05) is 4.90 Å². The molecular weight excluding hydrogens is 585 g/mol. The quantitative estimate of drug-likeness (QED) is 0.219. The number of fused-ring (bicyclic) bond motifs is 3. The van der Waals surface area contributed by atoms with E-state index in [1.54, 1.807) is 35.9 Å².